The van der Waals surface area contributed by atoms with Crippen LogP contribution in [0.5, 0.6) is 5.75 Å². The Hall–Kier alpha value is -2.04. The number of carboxylic acids is 1. The highest BCUT2D eigenvalue weighted by atomic mass is 16.5. The molecule has 2 rings (SSSR count). The number of hydrogen-bond donors (Lipinski definition) is 1. The molecule has 5 nitrogen and oxygen atoms in total. The van der Waals surface area contributed by atoms with Gasteiger partial charge in [0.2, 0.25) is 5.91 Å². The molecule has 114 valence electrons. The van der Waals surface area contributed by atoms with Gasteiger partial charge in [-0.2, -0.15) is 0 Å². The molecular weight excluding hydrogens is 270 g/mol. The van der Waals surface area contributed by atoms with E-state index in [1.165, 1.54) is 4.90 Å². The third kappa shape index (κ3) is 3.97. The molecule has 1 aliphatic heterocycles. The largest absolute Gasteiger partial charge is 0.493 e. The Balaban J connectivity index is 1.85. The summed E-state index contributed by atoms with van der Waals surface area (Å²) in [5.74, 6) is -0.322. The first-order valence-corrected chi connectivity index (χ1v) is 7.21. The van der Waals surface area contributed by atoms with E-state index < -0.39 is 12.0 Å². The van der Waals surface area contributed by atoms with E-state index >= 15 is 0 Å². The lowest BCUT2D eigenvalue weighted by Crippen LogP contribution is -2.40. The van der Waals surface area contributed by atoms with Gasteiger partial charge in [-0.1, -0.05) is 6.07 Å². The van der Waals surface area contributed by atoms with Crippen LogP contribution in [0.2, 0.25) is 0 Å². The predicted octanol–water partition coefficient (Wildman–Crippen LogP) is 2.15. The molecule has 0 radical (unpaired) electrons. The Kier molecular flexibility index (Phi) is 4.83. The number of benzene rings is 1. The molecule has 0 aliphatic carbocycles. The quantitative estimate of drug-likeness (QED) is 0.902. The molecule has 1 aromatic carbocycles. The smallest absolute Gasteiger partial charge is 0.326 e. The number of hydrogen-bond acceptors (Lipinski definition) is 3. The summed E-state index contributed by atoms with van der Waals surface area (Å²) in [4.78, 5) is 24.6. The first kappa shape index (κ1) is 15.4. The zero-order valence-corrected chi connectivity index (χ0v) is 12.5. The summed E-state index contributed by atoms with van der Waals surface area (Å²) < 4.78 is 5.60. The lowest BCUT2D eigenvalue weighted by Gasteiger charge is -2.21. The maximum absolute atomic E-state index is 12.1. The molecule has 0 saturated carbocycles. The van der Waals surface area contributed by atoms with Crippen LogP contribution in [0.25, 0.3) is 0 Å². The summed E-state index contributed by atoms with van der Waals surface area (Å²) in [5.41, 5.74) is 2.23. The second kappa shape index (κ2) is 6.61. The molecule has 0 spiro atoms. The highest BCUT2D eigenvalue weighted by Gasteiger charge is 2.33. The number of carboxylic acid groups (broad SMARTS) is 1. The van der Waals surface area contributed by atoms with Crippen molar-refractivity contribution in [1.82, 2.24) is 4.90 Å². The van der Waals surface area contributed by atoms with Crippen molar-refractivity contribution < 1.29 is 19.4 Å². The maximum atomic E-state index is 12.1. The molecule has 1 saturated heterocycles. The molecule has 1 aromatic rings. The first-order valence-electron chi connectivity index (χ1n) is 7.21. The van der Waals surface area contributed by atoms with Gasteiger partial charge in [-0.05, 0) is 49.9 Å². The minimum Gasteiger partial charge on any atom is -0.493 e. The van der Waals surface area contributed by atoms with Crippen molar-refractivity contribution in [3.8, 4) is 5.75 Å². The number of carbonyl (C=O) groups excluding carboxylic acids is 1. The molecule has 1 amide bonds. The second-order valence-corrected chi connectivity index (χ2v) is 5.51. The number of aliphatic carboxylic acids is 1. The van der Waals surface area contributed by atoms with E-state index in [2.05, 4.69) is 6.07 Å². The molecule has 0 aromatic heterocycles. The third-order valence-corrected chi connectivity index (χ3v) is 3.64. The van der Waals surface area contributed by atoms with Gasteiger partial charge in [0.05, 0.1) is 13.0 Å². The topological polar surface area (TPSA) is 66.8 Å². The fourth-order valence-electron chi connectivity index (χ4n) is 2.74. The number of aryl methyl sites for hydroxylation is 2. The summed E-state index contributed by atoms with van der Waals surface area (Å²) in [5, 5.41) is 9.07. The average molecular weight is 291 g/mol. The molecule has 1 atom stereocenters. The highest BCUT2D eigenvalue weighted by Crippen LogP contribution is 2.19. The average Bonchev–Trinajstić information content (AvgIpc) is 2.86. The molecule has 1 heterocycles. The zero-order valence-electron chi connectivity index (χ0n) is 12.5. The minimum atomic E-state index is -0.920. The summed E-state index contributed by atoms with van der Waals surface area (Å²) >= 11 is 0. The van der Waals surface area contributed by atoms with Gasteiger partial charge in [0.1, 0.15) is 11.8 Å². The Morgan fingerprint density at radius 1 is 1.29 bits per heavy atom. The maximum Gasteiger partial charge on any atom is 0.326 e. The molecule has 1 aliphatic rings. The van der Waals surface area contributed by atoms with Crippen LogP contribution in [-0.2, 0) is 9.59 Å². The van der Waals surface area contributed by atoms with Crippen molar-refractivity contribution in [2.75, 3.05) is 13.2 Å². The molecule has 0 bridgehead atoms. The Bertz CT molecular complexity index is 521. The van der Waals surface area contributed by atoms with Gasteiger partial charge in [-0.25, -0.2) is 4.79 Å². The summed E-state index contributed by atoms with van der Waals surface area (Å²) in [6, 6.07) is 5.24. The van der Waals surface area contributed by atoms with E-state index in [0.717, 1.165) is 23.3 Å². The van der Waals surface area contributed by atoms with Crippen LogP contribution < -0.4 is 4.74 Å². The number of likely N-dealkylation sites (tertiary alicyclic amines) is 1. The Labute approximate surface area is 124 Å². The van der Waals surface area contributed by atoms with Gasteiger partial charge in [0.15, 0.2) is 0 Å². The van der Waals surface area contributed by atoms with Gasteiger partial charge in [0.25, 0.3) is 0 Å². The van der Waals surface area contributed by atoms with Crippen LogP contribution in [-0.4, -0.2) is 41.1 Å². The summed E-state index contributed by atoms with van der Waals surface area (Å²) in [6.07, 6.45) is 1.50. The van der Waals surface area contributed by atoms with Crippen LogP contribution in [0.1, 0.15) is 30.4 Å². The van der Waals surface area contributed by atoms with Crippen LogP contribution in [0.3, 0.4) is 0 Å². The number of nitrogens with zero attached hydrogens (tertiary/aromatic N) is 1. The van der Waals surface area contributed by atoms with Crippen molar-refractivity contribution in [1.29, 1.82) is 0 Å². The first-order chi connectivity index (χ1) is 9.97. The molecule has 1 N–H and O–H groups in total. The monoisotopic (exact) mass is 291 g/mol. The van der Waals surface area contributed by atoms with Crippen LogP contribution in [0.4, 0.5) is 0 Å². The van der Waals surface area contributed by atoms with Gasteiger partial charge in [0, 0.05) is 6.54 Å². The molecular formula is C16H21NO4. The minimum absolute atomic E-state index is 0.149. The van der Waals surface area contributed by atoms with E-state index in [0.29, 0.717) is 13.0 Å². The number of carbonyl (C=O) groups is 2. The molecule has 5 heteroatoms. The van der Waals surface area contributed by atoms with E-state index in [1.54, 1.807) is 0 Å². The van der Waals surface area contributed by atoms with Crippen molar-refractivity contribution in [2.24, 2.45) is 0 Å². The van der Waals surface area contributed by atoms with Crippen molar-refractivity contribution in [3.05, 3.63) is 29.3 Å². The van der Waals surface area contributed by atoms with Gasteiger partial charge in [-0.3, -0.25) is 4.79 Å². The van der Waals surface area contributed by atoms with Gasteiger partial charge < -0.3 is 14.7 Å². The van der Waals surface area contributed by atoms with Crippen LogP contribution in [0.15, 0.2) is 18.2 Å². The Morgan fingerprint density at radius 3 is 2.57 bits per heavy atom. The zero-order chi connectivity index (χ0) is 15.4. The molecule has 1 unspecified atom stereocenters. The lowest BCUT2D eigenvalue weighted by molar-refractivity contribution is -0.148. The normalized spacial score (nSPS) is 17.8. The summed E-state index contributed by atoms with van der Waals surface area (Å²) in [6.45, 7) is 4.78. The van der Waals surface area contributed by atoms with E-state index in [4.69, 9.17) is 9.84 Å². The fraction of sp³-hybridized carbons (Fsp3) is 0.500. The number of rotatable bonds is 5. The van der Waals surface area contributed by atoms with Crippen LogP contribution in [0, 0.1) is 13.8 Å². The number of amides is 1. The fourth-order valence-corrected chi connectivity index (χ4v) is 2.74. The van der Waals surface area contributed by atoms with Crippen molar-refractivity contribution >= 4 is 11.9 Å². The third-order valence-electron chi connectivity index (χ3n) is 3.64. The van der Waals surface area contributed by atoms with Crippen LogP contribution >= 0.6 is 0 Å². The number of ether oxygens (including phenoxy) is 1. The second-order valence-electron chi connectivity index (χ2n) is 5.51. The Morgan fingerprint density at radius 2 is 1.95 bits per heavy atom. The van der Waals surface area contributed by atoms with Crippen molar-refractivity contribution in [2.45, 2.75) is 39.2 Å². The molecule has 21 heavy (non-hydrogen) atoms. The van der Waals surface area contributed by atoms with Gasteiger partial charge in [-0.15, -0.1) is 0 Å². The highest BCUT2D eigenvalue weighted by molar-refractivity contribution is 5.84. The van der Waals surface area contributed by atoms with Crippen molar-refractivity contribution in [3.63, 3.8) is 0 Å². The standard InChI is InChI=1S/C16H21NO4/c1-11-8-12(2)10-13(9-11)21-7-5-15(18)17-6-3-4-14(17)16(19)20/h8-10,14H,3-7H2,1-2H3,(H,19,20). The lowest BCUT2D eigenvalue weighted by atomic mass is 10.1. The summed E-state index contributed by atoms with van der Waals surface area (Å²) in [7, 11) is 0. The molecule has 1 fully saturated rings. The van der Waals surface area contributed by atoms with E-state index in [1.807, 2.05) is 26.0 Å². The SMILES string of the molecule is Cc1cc(C)cc(OCCC(=O)N2CCCC2C(=O)O)c1. The predicted molar refractivity (Wildman–Crippen MR) is 78.4 cm³/mol. The van der Waals surface area contributed by atoms with E-state index in [9.17, 15) is 9.59 Å². The van der Waals surface area contributed by atoms with Gasteiger partial charge >= 0.3 is 5.97 Å². The van der Waals surface area contributed by atoms with E-state index in [-0.39, 0.29) is 18.9 Å².